The van der Waals surface area contributed by atoms with E-state index in [0.29, 0.717) is 31.0 Å². The highest BCUT2D eigenvalue weighted by atomic mass is 79.9. The third-order valence-electron chi connectivity index (χ3n) is 3.17. The number of fused-ring (bicyclic) bond motifs is 1. The highest BCUT2D eigenvalue weighted by molar-refractivity contribution is 9.10. The van der Waals surface area contributed by atoms with E-state index in [1.165, 1.54) is 18.2 Å². The van der Waals surface area contributed by atoms with Crippen molar-refractivity contribution in [3.05, 3.63) is 55.1 Å². The van der Waals surface area contributed by atoms with Crippen molar-refractivity contribution >= 4 is 73.8 Å². The molecular weight excluding hydrogens is 469 g/mol. The molecule has 0 aliphatic rings. The molecule has 0 atom stereocenters. The van der Waals surface area contributed by atoms with Crippen LogP contribution < -0.4 is 5.32 Å². The number of benzene rings is 1. The number of nitrogens with zero attached hydrogens (tertiary/aromatic N) is 4. The summed E-state index contributed by atoms with van der Waals surface area (Å²) in [6, 6.07) is 5.64. The molecule has 134 valence electrons. The molecule has 0 spiro atoms. The Hall–Kier alpha value is -1.88. The fourth-order valence-electron chi connectivity index (χ4n) is 2.04. The number of non-ortho nitro benzene ring substituents is 1. The summed E-state index contributed by atoms with van der Waals surface area (Å²) in [6.07, 6.45) is 1.61. The largest absolute Gasteiger partial charge is 0.324 e. The third kappa shape index (κ3) is 4.09. The number of carbonyl (C=O) groups excluding carboxylic acids is 1. The molecule has 3 aromatic rings. The first-order valence-electron chi connectivity index (χ1n) is 6.91. The van der Waals surface area contributed by atoms with Crippen molar-refractivity contribution in [2.24, 2.45) is 0 Å². The molecule has 1 amide bonds. The van der Waals surface area contributed by atoms with Crippen molar-refractivity contribution in [1.82, 2.24) is 14.6 Å². The molecule has 0 aliphatic carbocycles. The van der Waals surface area contributed by atoms with Crippen LogP contribution in [0.25, 0.3) is 5.65 Å². The van der Waals surface area contributed by atoms with Gasteiger partial charge in [-0.1, -0.05) is 35.0 Å². The van der Waals surface area contributed by atoms with Gasteiger partial charge in [-0.15, -0.1) is 10.2 Å². The van der Waals surface area contributed by atoms with E-state index in [-0.39, 0.29) is 17.3 Å². The van der Waals surface area contributed by atoms with Crippen LogP contribution in [0.3, 0.4) is 0 Å². The first-order valence-corrected chi connectivity index (χ1v) is 9.45. The lowest BCUT2D eigenvalue weighted by Gasteiger charge is -2.07. The van der Waals surface area contributed by atoms with Crippen LogP contribution in [0.2, 0.25) is 10.0 Å². The number of hydrogen-bond donors (Lipinski definition) is 1. The summed E-state index contributed by atoms with van der Waals surface area (Å²) >= 11 is 16.4. The summed E-state index contributed by atoms with van der Waals surface area (Å²) in [5, 5.41) is 22.6. The number of nitrogens with one attached hydrogen (secondary N) is 1. The first kappa shape index (κ1) is 18.9. The average Bonchev–Trinajstić information content (AvgIpc) is 2.98. The van der Waals surface area contributed by atoms with Crippen molar-refractivity contribution in [3.63, 3.8) is 0 Å². The van der Waals surface area contributed by atoms with E-state index in [0.717, 1.165) is 11.8 Å². The van der Waals surface area contributed by atoms with Crippen LogP contribution in [0, 0.1) is 10.1 Å². The number of anilines is 1. The van der Waals surface area contributed by atoms with Crippen LogP contribution in [0.15, 0.2) is 40.1 Å². The van der Waals surface area contributed by atoms with Gasteiger partial charge in [-0.2, -0.15) is 0 Å². The number of rotatable bonds is 5. The predicted molar refractivity (Wildman–Crippen MR) is 103 cm³/mol. The molecule has 0 saturated heterocycles. The van der Waals surface area contributed by atoms with Gasteiger partial charge >= 0.3 is 0 Å². The van der Waals surface area contributed by atoms with Gasteiger partial charge in [0.05, 0.1) is 26.4 Å². The van der Waals surface area contributed by atoms with Crippen molar-refractivity contribution in [2.75, 3.05) is 11.1 Å². The molecule has 0 aliphatic heterocycles. The van der Waals surface area contributed by atoms with E-state index in [4.69, 9.17) is 23.2 Å². The molecule has 1 N–H and O–H groups in total. The van der Waals surface area contributed by atoms with E-state index < -0.39 is 4.92 Å². The number of nitro benzene ring substituents is 1. The topological polar surface area (TPSA) is 102 Å². The quantitative estimate of drug-likeness (QED) is 0.331. The van der Waals surface area contributed by atoms with Gasteiger partial charge in [-0.05, 0) is 28.1 Å². The number of halogens is 3. The second kappa shape index (κ2) is 7.78. The maximum atomic E-state index is 12.2. The van der Waals surface area contributed by atoms with Gasteiger partial charge in [0.1, 0.15) is 0 Å². The summed E-state index contributed by atoms with van der Waals surface area (Å²) in [5.41, 5.74) is 0.795. The Kier molecular flexibility index (Phi) is 5.66. The Balaban J connectivity index is 1.69. The highest BCUT2D eigenvalue weighted by Crippen LogP contribution is 2.28. The van der Waals surface area contributed by atoms with Crippen LogP contribution in [-0.4, -0.2) is 31.2 Å². The van der Waals surface area contributed by atoms with Crippen molar-refractivity contribution < 1.29 is 9.72 Å². The molecule has 26 heavy (non-hydrogen) atoms. The average molecular weight is 477 g/mol. The highest BCUT2D eigenvalue weighted by Gasteiger charge is 2.14. The lowest BCUT2D eigenvalue weighted by molar-refractivity contribution is -0.384. The second-order valence-corrected chi connectivity index (χ2v) is 7.58. The summed E-state index contributed by atoms with van der Waals surface area (Å²) in [6.45, 7) is 0. The van der Waals surface area contributed by atoms with Crippen LogP contribution >= 0.6 is 50.9 Å². The van der Waals surface area contributed by atoms with Crippen molar-refractivity contribution in [2.45, 2.75) is 5.16 Å². The fourth-order valence-corrected chi connectivity index (χ4v) is 3.72. The Bertz CT molecular complexity index is 1030. The molecular formula is C14H8BrCl2N5O3S. The zero-order valence-corrected chi connectivity index (χ0v) is 16.6. The Morgan fingerprint density at radius 1 is 1.35 bits per heavy atom. The molecule has 12 heteroatoms. The summed E-state index contributed by atoms with van der Waals surface area (Å²) in [7, 11) is 0. The Morgan fingerprint density at radius 2 is 2.12 bits per heavy atom. The standard InChI is InChI=1S/C14H8BrCl2N5O3S/c15-9-4-8(22(24)25)1-2-11(9)18-12(23)6-26-14-20-19-13-10(17)3-7(16)5-21(13)14/h1-5H,6H2,(H,18,23). The van der Waals surface area contributed by atoms with Crippen LogP contribution in [0.5, 0.6) is 0 Å². The molecule has 2 heterocycles. The van der Waals surface area contributed by atoms with Gasteiger partial charge in [-0.25, -0.2) is 0 Å². The number of carbonyl (C=O) groups is 1. The monoisotopic (exact) mass is 475 g/mol. The summed E-state index contributed by atoms with van der Waals surface area (Å²) < 4.78 is 2.02. The number of thioether (sulfide) groups is 1. The maximum absolute atomic E-state index is 12.2. The van der Waals surface area contributed by atoms with E-state index in [9.17, 15) is 14.9 Å². The first-order chi connectivity index (χ1) is 12.3. The number of pyridine rings is 1. The third-order valence-corrected chi connectivity index (χ3v) is 5.25. The van der Waals surface area contributed by atoms with Gasteiger partial charge in [0, 0.05) is 22.8 Å². The Labute approximate surface area is 169 Å². The molecule has 0 unspecified atom stereocenters. The van der Waals surface area contributed by atoms with Crippen LogP contribution in [0.4, 0.5) is 11.4 Å². The van der Waals surface area contributed by atoms with Crippen molar-refractivity contribution in [1.29, 1.82) is 0 Å². The van der Waals surface area contributed by atoms with E-state index in [1.54, 1.807) is 16.7 Å². The summed E-state index contributed by atoms with van der Waals surface area (Å²) in [4.78, 5) is 22.4. The van der Waals surface area contributed by atoms with E-state index in [2.05, 4.69) is 31.4 Å². The Morgan fingerprint density at radius 3 is 2.81 bits per heavy atom. The van der Waals surface area contributed by atoms with Gasteiger partial charge in [0.25, 0.3) is 5.69 Å². The van der Waals surface area contributed by atoms with Gasteiger partial charge < -0.3 is 5.32 Å². The van der Waals surface area contributed by atoms with Gasteiger partial charge in [0.2, 0.25) is 5.91 Å². The zero-order valence-electron chi connectivity index (χ0n) is 12.6. The second-order valence-electron chi connectivity index (χ2n) is 4.94. The van der Waals surface area contributed by atoms with Crippen LogP contribution in [0.1, 0.15) is 0 Å². The number of hydrogen-bond acceptors (Lipinski definition) is 6. The number of aromatic nitrogens is 3. The molecule has 2 aromatic heterocycles. The minimum Gasteiger partial charge on any atom is -0.324 e. The molecule has 0 bridgehead atoms. The van der Waals surface area contributed by atoms with E-state index in [1.807, 2.05) is 0 Å². The van der Waals surface area contributed by atoms with E-state index >= 15 is 0 Å². The van der Waals surface area contributed by atoms with Gasteiger partial charge in [-0.3, -0.25) is 19.3 Å². The lowest BCUT2D eigenvalue weighted by atomic mass is 10.3. The maximum Gasteiger partial charge on any atom is 0.270 e. The zero-order chi connectivity index (χ0) is 18.8. The molecule has 0 radical (unpaired) electrons. The molecule has 1 aromatic carbocycles. The molecule has 0 fully saturated rings. The number of nitro groups is 1. The molecule has 0 saturated carbocycles. The van der Waals surface area contributed by atoms with Crippen LogP contribution in [-0.2, 0) is 4.79 Å². The normalized spacial score (nSPS) is 10.9. The predicted octanol–water partition coefficient (Wildman–Crippen LogP) is 4.44. The molecule has 8 nitrogen and oxygen atoms in total. The smallest absolute Gasteiger partial charge is 0.270 e. The lowest BCUT2D eigenvalue weighted by Crippen LogP contribution is -2.14. The molecule has 3 rings (SSSR count). The minimum absolute atomic E-state index is 0.0500. The van der Waals surface area contributed by atoms with Gasteiger partial charge in [0.15, 0.2) is 10.8 Å². The fraction of sp³-hybridized carbons (Fsp3) is 0.0714. The SMILES string of the molecule is O=C(CSc1nnc2c(Cl)cc(Cl)cn12)Nc1ccc([N+](=O)[O-])cc1Br. The summed E-state index contributed by atoms with van der Waals surface area (Å²) in [5.74, 6) is -0.261. The van der Waals surface area contributed by atoms with Crippen molar-refractivity contribution in [3.8, 4) is 0 Å². The number of amides is 1. The minimum atomic E-state index is -0.515.